The number of aromatic nitrogens is 1. The molecular weight excluding hydrogens is 303 g/mol. The van der Waals surface area contributed by atoms with E-state index in [1.165, 1.54) is 18.2 Å². The third-order valence-corrected chi connectivity index (χ3v) is 3.93. The minimum absolute atomic E-state index is 0.0811. The quantitative estimate of drug-likeness (QED) is 0.656. The molecule has 0 bridgehead atoms. The van der Waals surface area contributed by atoms with Gasteiger partial charge in [-0.2, -0.15) is 13.2 Å². The molecule has 0 spiro atoms. The van der Waals surface area contributed by atoms with Crippen LogP contribution in [0.4, 0.5) is 13.2 Å². The molecular formula is C18H16F3NO. The average Bonchev–Trinajstić information content (AvgIpc) is 2.82. The van der Waals surface area contributed by atoms with Crippen LogP contribution in [0.3, 0.4) is 0 Å². The summed E-state index contributed by atoms with van der Waals surface area (Å²) in [7, 11) is 1.89. The fourth-order valence-corrected chi connectivity index (χ4v) is 2.79. The summed E-state index contributed by atoms with van der Waals surface area (Å²) in [4.78, 5) is 0. The first-order valence-electron chi connectivity index (χ1n) is 7.21. The number of hydrogen-bond donors (Lipinski definition) is 0. The van der Waals surface area contributed by atoms with Crippen LogP contribution in [0.1, 0.15) is 16.8 Å². The van der Waals surface area contributed by atoms with Gasteiger partial charge in [0.25, 0.3) is 0 Å². The Morgan fingerprint density at radius 1 is 1.04 bits per heavy atom. The topological polar surface area (TPSA) is 14.2 Å². The summed E-state index contributed by atoms with van der Waals surface area (Å²) in [5.41, 5.74) is 2.25. The molecule has 3 rings (SSSR count). The van der Waals surface area contributed by atoms with Crippen molar-refractivity contribution in [2.24, 2.45) is 7.05 Å². The van der Waals surface area contributed by atoms with Gasteiger partial charge >= 0.3 is 6.18 Å². The van der Waals surface area contributed by atoms with E-state index in [0.29, 0.717) is 0 Å². The lowest BCUT2D eigenvalue weighted by Gasteiger charge is -2.14. The summed E-state index contributed by atoms with van der Waals surface area (Å²) >= 11 is 0. The maximum absolute atomic E-state index is 13.0. The summed E-state index contributed by atoms with van der Waals surface area (Å²) in [6.07, 6.45) is -4.42. The van der Waals surface area contributed by atoms with Crippen LogP contribution >= 0.6 is 0 Å². The summed E-state index contributed by atoms with van der Waals surface area (Å²) in [5, 5.41) is 1.05. The maximum atomic E-state index is 13.0. The molecule has 3 aromatic rings. The Labute approximate surface area is 132 Å². The van der Waals surface area contributed by atoms with Crippen LogP contribution in [0.15, 0.2) is 48.5 Å². The number of hydrogen-bond acceptors (Lipinski definition) is 1. The van der Waals surface area contributed by atoms with E-state index in [9.17, 15) is 13.2 Å². The Kier molecular flexibility index (Phi) is 3.80. The normalized spacial score (nSPS) is 11.9. The van der Waals surface area contributed by atoms with Crippen LogP contribution in [-0.2, 0) is 19.8 Å². The lowest BCUT2D eigenvalue weighted by molar-refractivity contribution is -0.139. The minimum Gasteiger partial charge on any atom is -0.487 e. The Morgan fingerprint density at radius 3 is 2.48 bits per heavy atom. The lowest BCUT2D eigenvalue weighted by atomic mass is 10.2. The molecule has 0 N–H and O–H groups in total. The summed E-state index contributed by atoms with van der Waals surface area (Å²) in [5.74, 6) is -0.151. The maximum Gasteiger partial charge on any atom is 0.419 e. The van der Waals surface area contributed by atoms with Crippen molar-refractivity contribution in [3.63, 3.8) is 0 Å². The van der Waals surface area contributed by atoms with Crippen molar-refractivity contribution >= 4 is 10.9 Å². The Morgan fingerprint density at radius 2 is 1.78 bits per heavy atom. The lowest BCUT2D eigenvalue weighted by Crippen LogP contribution is -2.09. The van der Waals surface area contributed by atoms with Crippen LogP contribution in [-0.4, -0.2) is 4.57 Å². The molecule has 0 radical (unpaired) electrons. The van der Waals surface area contributed by atoms with Gasteiger partial charge in [0, 0.05) is 12.4 Å². The SMILES string of the molecule is Cc1cccc2cc(COc3ccccc3C(F)(F)F)n(C)c12. The van der Waals surface area contributed by atoms with Gasteiger partial charge in [-0.25, -0.2) is 0 Å². The zero-order chi connectivity index (χ0) is 16.6. The number of benzene rings is 2. The zero-order valence-electron chi connectivity index (χ0n) is 12.8. The van der Waals surface area contributed by atoms with Crippen LogP contribution in [0, 0.1) is 6.92 Å². The highest BCUT2D eigenvalue weighted by Crippen LogP contribution is 2.36. The van der Waals surface area contributed by atoms with Crippen molar-refractivity contribution in [1.82, 2.24) is 4.57 Å². The fourth-order valence-electron chi connectivity index (χ4n) is 2.79. The first-order valence-corrected chi connectivity index (χ1v) is 7.21. The molecule has 0 fully saturated rings. The van der Waals surface area contributed by atoms with Gasteiger partial charge < -0.3 is 9.30 Å². The number of aryl methyl sites for hydroxylation is 2. The second-order valence-corrected chi connectivity index (χ2v) is 5.49. The van der Waals surface area contributed by atoms with Gasteiger partial charge in [0.2, 0.25) is 0 Å². The van der Waals surface area contributed by atoms with Gasteiger partial charge in [-0.3, -0.25) is 0 Å². The van der Waals surface area contributed by atoms with Crippen LogP contribution in [0.25, 0.3) is 10.9 Å². The van der Waals surface area contributed by atoms with Crippen molar-refractivity contribution in [2.75, 3.05) is 0 Å². The minimum atomic E-state index is -4.42. The summed E-state index contributed by atoms with van der Waals surface area (Å²) < 4.78 is 46.4. The van der Waals surface area contributed by atoms with E-state index in [2.05, 4.69) is 0 Å². The van der Waals surface area contributed by atoms with E-state index < -0.39 is 11.7 Å². The second kappa shape index (κ2) is 5.65. The molecule has 1 aromatic heterocycles. The van der Waals surface area contributed by atoms with Gasteiger partial charge in [0.1, 0.15) is 12.4 Å². The molecule has 0 unspecified atom stereocenters. The first kappa shape index (κ1) is 15.5. The molecule has 0 aliphatic heterocycles. The van der Waals surface area contributed by atoms with E-state index in [-0.39, 0.29) is 12.4 Å². The van der Waals surface area contributed by atoms with E-state index in [1.54, 1.807) is 0 Å². The van der Waals surface area contributed by atoms with Crippen molar-refractivity contribution in [3.8, 4) is 5.75 Å². The van der Waals surface area contributed by atoms with Crippen LogP contribution in [0.5, 0.6) is 5.75 Å². The summed E-state index contributed by atoms with van der Waals surface area (Å²) in [6.45, 7) is 2.09. The number of ether oxygens (including phenoxy) is 1. The molecule has 1 heterocycles. The molecule has 0 amide bonds. The average molecular weight is 319 g/mol. The number of nitrogens with zero attached hydrogens (tertiary/aromatic N) is 1. The third-order valence-electron chi connectivity index (χ3n) is 3.93. The molecule has 0 atom stereocenters. The van der Waals surface area contributed by atoms with Crippen molar-refractivity contribution < 1.29 is 17.9 Å². The number of rotatable bonds is 3. The summed E-state index contributed by atoms with van der Waals surface area (Å²) in [6, 6.07) is 13.2. The number of para-hydroxylation sites is 2. The van der Waals surface area contributed by atoms with Gasteiger partial charge in [0.05, 0.1) is 16.8 Å². The smallest absolute Gasteiger partial charge is 0.419 e. The molecule has 23 heavy (non-hydrogen) atoms. The predicted octanol–water partition coefficient (Wildman–Crippen LogP) is 5.08. The van der Waals surface area contributed by atoms with E-state index in [1.807, 2.05) is 42.8 Å². The highest BCUT2D eigenvalue weighted by Gasteiger charge is 2.34. The van der Waals surface area contributed by atoms with Crippen molar-refractivity contribution in [2.45, 2.75) is 19.7 Å². The molecule has 0 saturated heterocycles. The number of alkyl halides is 3. The first-order chi connectivity index (χ1) is 10.9. The molecule has 120 valence electrons. The standard InChI is InChI=1S/C18H16F3NO/c1-12-6-5-7-13-10-14(22(2)17(12)13)11-23-16-9-4-3-8-15(16)18(19,20)21/h3-10H,11H2,1-2H3. The zero-order valence-corrected chi connectivity index (χ0v) is 12.8. The number of fused-ring (bicyclic) bond motifs is 1. The monoisotopic (exact) mass is 319 g/mol. The third kappa shape index (κ3) is 2.91. The van der Waals surface area contributed by atoms with E-state index in [4.69, 9.17) is 4.74 Å². The molecule has 0 aliphatic carbocycles. The molecule has 0 saturated carbocycles. The molecule has 0 aliphatic rings. The predicted molar refractivity (Wildman–Crippen MR) is 83.4 cm³/mol. The van der Waals surface area contributed by atoms with E-state index in [0.717, 1.165) is 28.2 Å². The van der Waals surface area contributed by atoms with Crippen molar-refractivity contribution in [1.29, 1.82) is 0 Å². The Bertz CT molecular complexity index is 849. The second-order valence-electron chi connectivity index (χ2n) is 5.49. The number of halogens is 3. The van der Waals surface area contributed by atoms with Crippen LogP contribution in [0.2, 0.25) is 0 Å². The Hall–Kier alpha value is -2.43. The van der Waals surface area contributed by atoms with Gasteiger partial charge in [-0.1, -0.05) is 30.3 Å². The highest BCUT2D eigenvalue weighted by molar-refractivity contribution is 5.84. The molecule has 5 heteroatoms. The van der Waals surface area contributed by atoms with Gasteiger partial charge in [0.15, 0.2) is 0 Å². The fraction of sp³-hybridized carbons (Fsp3) is 0.222. The van der Waals surface area contributed by atoms with E-state index >= 15 is 0 Å². The largest absolute Gasteiger partial charge is 0.487 e. The van der Waals surface area contributed by atoms with Crippen molar-refractivity contribution in [3.05, 3.63) is 65.4 Å². The molecule has 2 aromatic carbocycles. The molecule has 2 nitrogen and oxygen atoms in total. The highest BCUT2D eigenvalue weighted by atomic mass is 19.4. The van der Waals surface area contributed by atoms with Gasteiger partial charge in [-0.15, -0.1) is 0 Å². The van der Waals surface area contributed by atoms with Crippen LogP contribution < -0.4 is 4.74 Å². The Balaban J connectivity index is 1.91. The van der Waals surface area contributed by atoms with Gasteiger partial charge in [-0.05, 0) is 30.7 Å².